The molecular weight excluding hydrogens is 595 g/mol. The molecule has 4 rings (SSSR count). The number of hydrogen-bond acceptors (Lipinski definition) is 7. The number of halogens is 1. The monoisotopic (exact) mass is 646 g/mol. The maximum Gasteiger partial charge on any atom is 0.340 e. The Morgan fingerprint density at radius 3 is 2.26 bits per heavy atom. The van der Waals surface area contributed by atoms with Crippen LogP contribution in [-0.2, 0) is 25.4 Å². The molecule has 1 unspecified atom stereocenters. The van der Waals surface area contributed by atoms with Crippen molar-refractivity contribution >= 4 is 17.7 Å². The van der Waals surface area contributed by atoms with E-state index in [-0.39, 0.29) is 17.3 Å². The highest BCUT2D eigenvalue weighted by molar-refractivity contribution is 5.91. The zero-order chi connectivity index (χ0) is 34.4. The van der Waals surface area contributed by atoms with Crippen LogP contribution in [0.2, 0.25) is 0 Å². The fourth-order valence-corrected chi connectivity index (χ4v) is 5.77. The Morgan fingerprint density at radius 1 is 1.04 bits per heavy atom. The van der Waals surface area contributed by atoms with Gasteiger partial charge < -0.3 is 23.8 Å². The second-order valence-corrected chi connectivity index (χ2v) is 14.3. The normalized spacial score (nSPS) is 15.6. The number of piperidine rings is 1. The number of rotatable bonds is 12. The average Bonchev–Trinajstić information content (AvgIpc) is 2.99. The average molecular weight is 647 g/mol. The van der Waals surface area contributed by atoms with Crippen LogP contribution in [0.3, 0.4) is 0 Å². The van der Waals surface area contributed by atoms with Gasteiger partial charge in [-0.3, -0.25) is 4.98 Å². The zero-order valence-electron chi connectivity index (χ0n) is 29.5. The Bertz CT molecular complexity index is 1510. The van der Waals surface area contributed by atoms with Gasteiger partial charge in [-0.25, -0.2) is 9.18 Å². The van der Waals surface area contributed by atoms with Crippen molar-refractivity contribution in [1.82, 2.24) is 4.98 Å². The molecule has 1 saturated heterocycles. The second kappa shape index (κ2) is 15.3. The molecular formula is C39H51FN2O5. The molecule has 1 aliphatic rings. The molecule has 2 aromatic carbocycles. The van der Waals surface area contributed by atoms with Gasteiger partial charge in [0.05, 0.1) is 43.1 Å². The molecule has 3 aromatic rings. The first-order valence-electron chi connectivity index (χ1n) is 16.5. The van der Waals surface area contributed by atoms with E-state index in [9.17, 15) is 9.18 Å². The lowest BCUT2D eigenvalue weighted by Gasteiger charge is -2.41. The predicted octanol–water partition coefficient (Wildman–Crippen LogP) is 8.87. The zero-order valence-corrected chi connectivity index (χ0v) is 29.5. The van der Waals surface area contributed by atoms with Gasteiger partial charge >= 0.3 is 5.97 Å². The third kappa shape index (κ3) is 9.80. The van der Waals surface area contributed by atoms with Crippen LogP contribution in [0.4, 0.5) is 10.1 Å². The Labute approximate surface area is 280 Å². The van der Waals surface area contributed by atoms with Gasteiger partial charge in [0.25, 0.3) is 0 Å². The molecule has 8 heteroatoms. The minimum absolute atomic E-state index is 0.211. The minimum atomic E-state index is -0.983. The molecule has 0 amide bonds. The maximum absolute atomic E-state index is 13.8. The van der Waals surface area contributed by atoms with Crippen LogP contribution in [0.5, 0.6) is 5.75 Å². The third-order valence-electron chi connectivity index (χ3n) is 8.24. The number of anilines is 1. The number of pyridine rings is 1. The summed E-state index contributed by atoms with van der Waals surface area (Å²) >= 11 is 0. The molecule has 2 heterocycles. The fourth-order valence-electron chi connectivity index (χ4n) is 5.77. The topological polar surface area (TPSA) is 70.1 Å². The van der Waals surface area contributed by atoms with Crippen molar-refractivity contribution in [2.24, 2.45) is 5.41 Å². The first-order valence-corrected chi connectivity index (χ1v) is 16.5. The Hall–Kier alpha value is -3.91. The molecule has 0 spiro atoms. The van der Waals surface area contributed by atoms with Crippen molar-refractivity contribution in [1.29, 1.82) is 0 Å². The number of benzene rings is 2. The van der Waals surface area contributed by atoms with Gasteiger partial charge in [-0.1, -0.05) is 38.1 Å². The van der Waals surface area contributed by atoms with Gasteiger partial charge in [-0.2, -0.15) is 0 Å². The molecule has 0 aliphatic carbocycles. The number of nitrogens with zero attached hydrogens (tertiary/aromatic N) is 2. The molecule has 254 valence electrons. The van der Waals surface area contributed by atoms with Crippen LogP contribution in [0.25, 0.3) is 17.2 Å². The molecule has 0 N–H and O–H groups in total. The van der Waals surface area contributed by atoms with Gasteiger partial charge in [0.15, 0.2) is 6.10 Å². The van der Waals surface area contributed by atoms with Crippen LogP contribution < -0.4 is 9.64 Å². The maximum atomic E-state index is 13.8. The summed E-state index contributed by atoms with van der Waals surface area (Å²) in [5.74, 6) is 0.0368. The number of carbonyl (C=O) groups excluding carboxylic acids is 1. The predicted molar refractivity (Wildman–Crippen MR) is 186 cm³/mol. The lowest BCUT2D eigenvalue weighted by Crippen LogP contribution is -2.39. The van der Waals surface area contributed by atoms with Gasteiger partial charge in [0.1, 0.15) is 11.6 Å². The van der Waals surface area contributed by atoms with E-state index in [4.69, 9.17) is 23.9 Å². The van der Waals surface area contributed by atoms with Crippen molar-refractivity contribution in [3.63, 3.8) is 0 Å². The Balaban J connectivity index is 1.84. The molecule has 1 aliphatic heterocycles. The van der Waals surface area contributed by atoms with Crippen LogP contribution in [0, 0.1) is 18.2 Å². The number of ether oxygens (including phenoxy) is 4. The van der Waals surface area contributed by atoms with Crippen molar-refractivity contribution < 1.29 is 28.1 Å². The highest BCUT2D eigenvalue weighted by Gasteiger charge is 2.38. The number of aromatic nitrogens is 1. The first kappa shape index (κ1) is 35.9. The van der Waals surface area contributed by atoms with Crippen LogP contribution in [0.1, 0.15) is 89.9 Å². The summed E-state index contributed by atoms with van der Waals surface area (Å²) in [5.41, 5.74) is 5.46. The van der Waals surface area contributed by atoms with E-state index in [2.05, 4.69) is 18.7 Å². The van der Waals surface area contributed by atoms with E-state index in [1.54, 1.807) is 25.5 Å². The van der Waals surface area contributed by atoms with E-state index in [1.165, 1.54) is 12.1 Å². The number of aryl methyl sites for hydroxylation is 1. The number of carbonyl (C=O) groups is 1. The smallest absolute Gasteiger partial charge is 0.340 e. The molecule has 7 nitrogen and oxygen atoms in total. The quantitative estimate of drug-likeness (QED) is 0.144. The van der Waals surface area contributed by atoms with Crippen LogP contribution in [0.15, 0.2) is 54.8 Å². The highest BCUT2D eigenvalue weighted by atomic mass is 19.1. The van der Waals surface area contributed by atoms with Gasteiger partial charge in [0.2, 0.25) is 0 Å². The summed E-state index contributed by atoms with van der Waals surface area (Å²) in [6.07, 6.45) is 4.86. The van der Waals surface area contributed by atoms with Gasteiger partial charge in [-0.05, 0) is 101 Å². The Morgan fingerprint density at radius 2 is 1.68 bits per heavy atom. The lowest BCUT2D eigenvalue weighted by molar-refractivity contribution is -0.171. The molecule has 0 radical (unpaired) electrons. The molecule has 0 saturated carbocycles. The van der Waals surface area contributed by atoms with Crippen molar-refractivity contribution in [3.8, 4) is 16.9 Å². The largest absolute Gasteiger partial charge is 0.504 e. The Kier molecular flexibility index (Phi) is 11.7. The highest BCUT2D eigenvalue weighted by Crippen LogP contribution is 2.46. The number of methoxy groups -OCH3 is 1. The number of hydrogen-bond donors (Lipinski definition) is 0. The molecule has 1 aromatic heterocycles. The summed E-state index contributed by atoms with van der Waals surface area (Å²) in [6, 6.07) is 14.4. The summed E-state index contributed by atoms with van der Waals surface area (Å²) in [4.78, 5) is 21.3. The minimum Gasteiger partial charge on any atom is -0.504 e. The molecule has 1 atom stereocenters. The molecule has 47 heavy (non-hydrogen) atoms. The van der Waals surface area contributed by atoms with Crippen molar-refractivity contribution in [2.45, 2.75) is 92.5 Å². The summed E-state index contributed by atoms with van der Waals surface area (Å²) in [5, 5.41) is 0. The van der Waals surface area contributed by atoms with E-state index in [1.807, 2.05) is 71.9 Å². The molecule has 0 bridgehead atoms. The van der Waals surface area contributed by atoms with Gasteiger partial charge in [-0.15, -0.1) is 0 Å². The van der Waals surface area contributed by atoms with Crippen molar-refractivity contribution in [2.75, 3.05) is 31.7 Å². The third-order valence-corrected chi connectivity index (χ3v) is 8.24. The van der Waals surface area contributed by atoms with E-state index >= 15 is 0 Å². The van der Waals surface area contributed by atoms with Gasteiger partial charge in [0, 0.05) is 36.3 Å². The number of esters is 1. The SMILES string of the molecule is COC=Cc1nc(C)c(C(OC(C)(C)C)C(=O)OC(C)C)c(N2CCC(C)(C)CC2)c1-c1ccc(OCCc2ccc(F)cc2)cc1. The molecule has 1 fully saturated rings. The van der Waals surface area contributed by atoms with Crippen LogP contribution in [-0.4, -0.2) is 49.5 Å². The second-order valence-electron chi connectivity index (χ2n) is 14.3. The lowest BCUT2D eigenvalue weighted by atomic mass is 9.81. The first-order chi connectivity index (χ1) is 22.2. The van der Waals surface area contributed by atoms with E-state index < -0.39 is 17.7 Å². The summed E-state index contributed by atoms with van der Waals surface area (Å²) in [7, 11) is 1.61. The van der Waals surface area contributed by atoms with E-state index in [0.717, 1.165) is 65.3 Å². The van der Waals surface area contributed by atoms with Crippen LogP contribution >= 0.6 is 0 Å². The summed E-state index contributed by atoms with van der Waals surface area (Å²) in [6.45, 7) is 18.2. The van der Waals surface area contributed by atoms with E-state index in [0.29, 0.717) is 18.7 Å². The van der Waals surface area contributed by atoms with Crippen molar-refractivity contribution in [3.05, 3.63) is 83.1 Å². The standard InChI is InChI=1S/C39H51FN2O5/c1-26(2)46-37(43)36(47-38(4,5)6)33-27(3)41-32(19-24-44-9)34(35(33)42-22-20-39(7,8)21-23-42)29-12-16-31(17-13-29)45-25-18-28-10-14-30(40)15-11-28/h10-17,19,24,26,36H,18,20-23,25H2,1-9H3. The fraction of sp³-hybridized carbons (Fsp3) is 0.487. The summed E-state index contributed by atoms with van der Waals surface area (Å²) < 4.78 is 37.0.